The summed E-state index contributed by atoms with van der Waals surface area (Å²) in [5, 5.41) is 17.8. The van der Waals surface area contributed by atoms with Gasteiger partial charge in [-0.05, 0) is 37.1 Å². The van der Waals surface area contributed by atoms with Gasteiger partial charge in [-0.15, -0.1) is 0 Å². The van der Waals surface area contributed by atoms with Crippen LogP contribution in [0.3, 0.4) is 0 Å². The molecular formula is C13H14N2O2. The fourth-order valence-corrected chi connectivity index (χ4v) is 1.78. The van der Waals surface area contributed by atoms with Crippen molar-refractivity contribution in [1.29, 1.82) is 5.26 Å². The Morgan fingerprint density at radius 1 is 1.41 bits per heavy atom. The van der Waals surface area contributed by atoms with Gasteiger partial charge in [0, 0.05) is 18.2 Å². The number of aromatic hydroxyl groups is 1. The first-order valence-electron chi connectivity index (χ1n) is 5.69. The van der Waals surface area contributed by atoms with Gasteiger partial charge in [0.15, 0.2) is 0 Å². The third kappa shape index (κ3) is 2.76. The van der Waals surface area contributed by atoms with Gasteiger partial charge >= 0.3 is 0 Å². The monoisotopic (exact) mass is 230 g/mol. The van der Waals surface area contributed by atoms with Crippen LogP contribution in [0.1, 0.15) is 29.6 Å². The van der Waals surface area contributed by atoms with Crippen molar-refractivity contribution in [1.82, 2.24) is 4.90 Å². The summed E-state index contributed by atoms with van der Waals surface area (Å²) >= 11 is 0. The van der Waals surface area contributed by atoms with Gasteiger partial charge in [0.1, 0.15) is 5.75 Å². The Hall–Kier alpha value is -2.02. The van der Waals surface area contributed by atoms with E-state index in [2.05, 4.69) is 6.07 Å². The standard InChI is InChI=1S/C13H14N2O2/c14-8-1-9-15(11-4-5-11)13(17)10-2-6-12(16)7-3-10/h2-3,6-7,11,16H,1,4-5,9H2. The molecule has 0 heterocycles. The SMILES string of the molecule is N#CCCN(C(=O)c1ccc(O)cc1)C1CC1. The molecule has 2 rings (SSSR count). The largest absolute Gasteiger partial charge is 0.508 e. The van der Waals surface area contributed by atoms with Crippen LogP contribution < -0.4 is 0 Å². The van der Waals surface area contributed by atoms with E-state index in [1.165, 1.54) is 12.1 Å². The summed E-state index contributed by atoms with van der Waals surface area (Å²) < 4.78 is 0. The predicted octanol–water partition coefficient (Wildman–Crippen LogP) is 1.91. The quantitative estimate of drug-likeness (QED) is 0.859. The highest BCUT2D eigenvalue weighted by atomic mass is 16.3. The zero-order valence-corrected chi connectivity index (χ0v) is 9.47. The second-order valence-electron chi connectivity index (χ2n) is 4.18. The van der Waals surface area contributed by atoms with Crippen LogP contribution in [0.5, 0.6) is 5.75 Å². The maximum Gasteiger partial charge on any atom is 0.254 e. The maximum absolute atomic E-state index is 12.2. The number of carbonyl (C=O) groups excluding carboxylic acids is 1. The van der Waals surface area contributed by atoms with Gasteiger partial charge in [0.05, 0.1) is 12.5 Å². The molecule has 1 aromatic carbocycles. The van der Waals surface area contributed by atoms with Gasteiger partial charge in [-0.3, -0.25) is 4.79 Å². The van der Waals surface area contributed by atoms with Crippen LogP contribution in [-0.4, -0.2) is 28.5 Å². The molecule has 1 aliphatic rings. The van der Waals surface area contributed by atoms with Crippen molar-refractivity contribution in [3.05, 3.63) is 29.8 Å². The third-order valence-corrected chi connectivity index (χ3v) is 2.83. The lowest BCUT2D eigenvalue weighted by Crippen LogP contribution is -2.33. The summed E-state index contributed by atoms with van der Waals surface area (Å²) in [6.45, 7) is 0.487. The smallest absolute Gasteiger partial charge is 0.254 e. The summed E-state index contributed by atoms with van der Waals surface area (Å²) in [4.78, 5) is 13.9. The molecule has 0 spiro atoms. The summed E-state index contributed by atoms with van der Waals surface area (Å²) in [6, 6.07) is 8.58. The molecule has 0 radical (unpaired) electrons. The van der Waals surface area contributed by atoms with Crippen molar-refractivity contribution in [2.75, 3.05) is 6.54 Å². The van der Waals surface area contributed by atoms with Crippen LogP contribution in [-0.2, 0) is 0 Å². The molecule has 0 unspecified atom stereocenters. The van der Waals surface area contributed by atoms with E-state index in [0.717, 1.165) is 12.8 Å². The van der Waals surface area contributed by atoms with E-state index < -0.39 is 0 Å². The van der Waals surface area contributed by atoms with E-state index in [4.69, 9.17) is 5.26 Å². The highest BCUT2D eigenvalue weighted by Gasteiger charge is 2.32. The summed E-state index contributed by atoms with van der Waals surface area (Å²) in [6.07, 6.45) is 2.41. The molecule has 0 aliphatic heterocycles. The highest BCUT2D eigenvalue weighted by Crippen LogP contribution is 2.28. The van der Waals surface area contributed by atoms with E-state index in [-0.39, 0.29) is 11.7 Å². The number of hydrogen-bond acceptors (Lipinski definition) is 3. The van der Waals surface area contributed by atoms with Gasteiger partial charge in [-0.25, -0.2) is 0 Å². The Balaban J connectivity index is 2.10. The molecule has 1 fully saturated rings. The average Bonchev–Trinajstić information content (AvgIpc) is 3.14. The molecule has 1 aliphatic carbocycles. The van der Waals surface area contributed by atoms with E-state index >= 15 is 0 Å². The zero-order chi connectivity index (χ0) is 12.3. The number of hydrogen-bond donors (Lipinski definition) is 1. The van der Waals surface area contributed by atoms with Crippen LogP contribution in [0.4, 0.5) is 0 Å². The molecule has 4 nitrogen and oxygen atoms in total. The van der Waals surface area contributed by atoms with Crippen LogP contribution in [0.2, 0.25) is 0 Å². The van der Waals surface area contributed by atoms with Gasteiger partial charge < -0.3 is 10.0 Å². The molecule has 0 atom stereocenters. The lowest BCUT2D eigenvalue weighted by atomic mass is 10.2. The van der Waals surface area contributed by atoms with Crippen molar-refractivity contribution >= 4 is 5.91 Å². The Kier molecular flexibility index (Phi) is 3.29. The van der Waals surface area contributed by atoms with Gasteiger partial charge in [0.25, 0.3) is 5.91 Å². The molecule has 88 valence electrons. The van der Waals surface area contributed by atoms with Crippen LogP contribution in [0, 0.1) is 11.3 Å². The minimum atomic E-state index is -0.0530. The molecule has 1 saturated carbocycles. The molecule has 0 bridgehead atoms. The number of benzene rings is 1. The normalized spacial score (nSPS) is 14.1. The number of nitriles is 1. The second-order valence-corrected chi connectivity index (χ2v) is 4.18. The van der Waals surface area contributed by atoms with E-state index in [9.17, 15) is 9.90 Å². The Labute approximate surface area is 100 Å². The zero-order valence-electron chi connectivity index (χ0n) is 9.47. The Morgan fingerprint density at radius 3 is 2.59 bits per heavy atom. The first kappa shape index (κ1) is 11.5. The van der Waals surface area contributed by atoms with Crippen molar-refractivity contribution < 1.29 is 9.90 Å². The lowest BCUT2D eigenvalue weighted by Gasteiger charge is -2.21. The van der Waals surface area contributed by atoms with Crippen molar-refractivity contribution in [3.63, 3.8) is 0 Å². The van der Waals surface area contributed by atoms with Crippen molar-refractivity contribution in [2.24, 2.45) is 0 Å². The first-order valence-corrected chi connectivity index (χ1v) is 5.69. The molecule has 1 N–H and O–H groups in total. The van der Waals surface area contributed by atoms with Gasteiger partial charge in [-0.1, -0.05) is 0 Å². The van der Waals surface area contributed by atoms with Crippen LogP contribution in [0.15, 0.2) is 24.3 Å². The molecule has 0 saturated heterocycles. The molecule has 17 heavy (non-hydrogen) atoms. The molecule has 4 heteroatoms. The van der Waals surface area contributed by atoms with E-state index in [0.29, 0.717) is 24.6 Å². The number of nitrogens with zero attached hydrogens (tertiary/aromatic N) is 2. The minimum absolute atomic E-state index is 0.0530. The van der Waals surface area contributed by atoms with Gasteiger partial charge in [-0.2, -0.15) is 5.26 Å². The molecule has 1 aromatic rings. The Morgan fingerprint density at radius 2 is 2.06 bits per heavy atom. The Bertz CT molecular complexity index is 443. The van der Waals surface area contributed by atoms with Crippen LogP contribution in [0.25, 0.3) is 0 Å². The lowest BCUT2D eigenvalue weighted by molar-refractivity contribution is 0.0747. The molecular weight excluding hydrogens is 216 g/mol. The van der Waals surface area contributed by atoms with Crippen molar-refractivity contribution in [3.8, 4) is 11.8 Å². The van der Waals surface area contributed by atoms with Crippen molar-refractivity contribution in [2.45, 2.75) is 25.3 Å². The van der Waals surface area contributed by atoms with E-state index in [1.807, 2.05) is 0 Å². The average molecular weight is 230 g/mol. The number of rotatable bonds is 4. The first-order chi connectivity index (χ1) is 8.22. The third-order valence-electron chi connectivity index (χ3n) is 2.83. The number of phenolic OH excluding ortho intramolecular Hbond substituents is 1. The fraction of sp³-hybridized carbons (Fsp3) is 0.385. The highest BCUT2D eigenvalue weighted by molar-refractivity contribution is 5.94. The molecule has 0 aromatic heterocycles. The number of amides is 1. The fourth-order valence-electron chi connectivity index (χ4n) is 1.78. The minimum Gasteiger partial charge on any atom is -0.508 e. The predicted molar refractivity (Wildman–Crippen MR) is 62.4 cm³/mol. The van der Waals surface area contributed by atoms with Crippen LogP contribution >= 0.6 is 0 Å². The summed E-state index contributed by atoms with van der Waals surface area (Å²) in [5.74, 6) is 0.0966. The number of phenols is 1. The second kappa shape index (κ2) is 4.88. The summed E-state index contributed by atoms with van der Waals surface area (Å²) in [7, 11) is 0. The maximum atomic E-state index is 12.2. The van der Waals surface area contributed by atoms with Gasteiger partial charge in [0.2, 0.25) is 0 Å². The van der Waals surface area contributed by atoms with E-state index in [1.54, 1.807) is 17.0 Å². The summed E-state index contributed by atoms with van der Waals surface area (Å²) in [5.41, 5.74) is 0.563. The molecule has 1 amide bonds. The number of carbonyl (C=O) groups is 1. The topological polar surface area (TPSA) is 64.3 Å².